The van der Waals surface area contributed by atoms with E-state index in [1.165, 1.54) is 37.6 Å². The van der Waals surface area contributed by atoms with Crippen molar-refractivity contribution in [1.29, 1.82) is 0 Å². The van der Waals surface area contributed by atoms with E-state index in [9.17, 15) is 4.79 Å². The molecule has 1 atom stereocenters. The van der Waals surface area contributed by atoms with E-state index in [2.05, 4.69) is 11.0 Å². The molecule has 0 amide bonds. The molecule has 2 heterocycles. The number of carbonyl (C=O) groups is 1. The number of esters is 1. The lowest BCUT2D eigenvalue weighted by Gasteiger charge is -2.34. The van der Waals surface area contributed by atoms with Crippen LogP contribution in [0.3, 0.4) is 0 Å². The van der Waals surface area contributed by atoms with Crippen molar-refractivity contribution in [3.05, 3.63) is 29.3 Å². The van der Waals surface area contributed by atoms with Crippen LogP contribution in [0.25, 0.3) is 0 Å². The average Bonchev–Trinajstić information content (AvgIpc) is 2.85. The van der Waals surface area contributed by atoms with Gasteiger partial charge in [-0.3, -0.25) is 0 Å². The minimum Gasteiger partial charge on any atom is -0.465 e. The molecule has 1 aromatic rings. The molecule has 3 rings (SSSR count). The molecular formula is C14H17NO2. The summed E-state index contributed by atoms with van der Waals surface area (Å²) in [6, 6.07) is 6.67. The monoisotopic (exact) mass is 231 g/mol. The fourth-order valence-electron chi connectivity index (χ4n) is 3.17. The summed E-state index contributed by atoms with van der Waals surface area (Å²) in [7, 11) is 1.45. The zero-order chi connectivity index (χ0) is 11.8. The molecular weight excluding hydrogens is 214 g/mol. The molecule has 2 aliphatic rings. The Hall–Kier alpha value is -1.51. The van der Waals surface area contributed by atoms with Crippen molar-refractivity contribution in [3.63, 3.8) is 0 Å². The van der Waals surface area contributed by atoms with Crippen LogP contribution >= 0.6 is 0 Å². The molecule has 0 saturated carbocycles. The molecule has 0 bridgehead atoms. The van der Waals surface area contributed by atoms with Gasteiger partial charge in [0.25, 0.3) is 0 Å². The SMILES string of the molecule is COC(=O)c1cccc2c1CCC1CCCN21. The molecule has 1 fully saturated rings. The Morgan fingerprint density at radius 1 is 1.41 bits per heavy atom. The van der Waals surface area contributed by atoms with Crippen LogP contribution in [0.15, 0.2) is 18.2 Å². The van der Waals surface area contributed by atoms with Crippen LogP contribution in [0.5, 0.6) is 0 Å². The van der Waals surface area contributed by atoms with E-state index in [4.69, 9.17) is 4.74 Å². The van der Waals surface area contributed by atoms with Crippen molar-refractivity contribution in [3.8, 4) is 0 Å². The first-order valence-electron chi connectivity index (χ1n) is 6.28. The van der Waals surface area contributed by atoms with Crippen LogP contribution in [0.1, 0.15) is 35.2 Å². The predicted molar refractivity (Wildman–Crippen MR) is 66.5 cm³/mol. The van der Waals surface area contributed by atoms with E-state index in [1.54, 1.807) is 0 Å². The maximum Gasteiger partial charge on any atom is 0.338 e. The van der Waals surface area contributed by atoms with Gasteiger partial charge in [0.1, 0.15) is 0 Å². The number of carbonyl (C=O) groups excluding carboxylic acids is 1. The standard InChI is InChI=1S/C14H17NO2/c1-17-14(16)12-5-2-6-13-11(12)8-7-10-4-3-9-15(10)13/h2,5-6,10H,3-4,7-9H2,1H3. The Morgan fingerprint density at radius 3 is 3.12 bits per heavy atom. The molecule has 3 heteroatoms. The first-order valence-corrected chi connectivity index (χ1v) is 6.28. The van der Waals surface area contributed by atoms with Crippen LogP contribution in [0.4, 0.5) is 5.69 Å². The largest absolute Gasteiger partial charge is 0.465 e. The normalized spacial score (nSPS) is 21.9. The van der Waals surface area contributed by atoms with Crippen molar-refractivity contribution in [1.82, 2.24) is 0 Å². The second-order valence-corrected chi connectivity index (χ2v) is 4.82. The molecule has 3 nitrogen and oxygen atoms in total. The van der Waals surface area contributed by atoms with Crippen LogP contribution in [0, 0.1) is 0 Å². The van der Waals surface area contributed by atoms with Crippen molar-refractivity contribution in [2.75, 3.05) is 18.6 Å². The third-order valence-corrected chi connectivity index (χ3v) is 3.97. The van der Waals surface area contributed by atoms with Crippen LogP contribution in [0.2, 0.25) is 0 Å². The number of hydrogen-bond acceptors (Lipinski definition) is 3. The maximum absolute atomic E-state index is 11.7. The van der Waals surface area contributed by atoms with Gasteiger partial charge < -0.3 is 9.64 Å². The Balaban J connectivity index is 2.06. The smallest absolute Gasteiger partial charge is 0.338 e. The van der Waals surface area contributed by atoms with E-state index in [0.29, 0.717) is 6.04 Å². The summed E-state index contributed by atoms with van der Waals surface area (Å²) in [5.41, 5.74) is 3.18. The number of nitrogens with zero attached hydrogens (tertiary/aromatic N) is 1. The molecule has 1 saturated heterocycles. The topological polar surface area (TPSA) is 29.5 Å². The summed E-state index contributed by atoms with van der Waals surface area (Å²) < 4.78 is 4.86. The first-order chi connectivity index (χ1) is 8.31. The van der Waals surface area contributed by atoms with Gasteiger partial charge >= 0.3 is 5.97 Å². The second-order valence-electron chi connectivity index (χ2n) is 4.82. The van der Waals surface area contributed by atoms with E-state index in [-0.39, 0.29) is 5.97 Å². The van der Waals surface area contributed by atoms with E-state index in [1.807, 2.05) is 12.1 Å². The number of hydrogen-bond donors (Lipinski definition) is 0. The van der Waals surface area contributed by atoms with E-state index in [0.717, 1.165) is 18.5 Å². The lowest BCUT2D eigenvalue weighted by atomic mass is 9.92. The maximum atomic E-state index is 11.7. The molecule has 0 spiro atoms. The average molecular weight is 231 g/mol. The number of anilines is 1. The van der Waals surface area contributed by atoms with Gasteiger partial charge in [-0.25, -0.2) is 4.79 Å². The van der Waals surface area contributed by atoms with Crippen LogP contribution in [-0.2, 0) is 11.2 Å². The highest BCUT2D eigenvalue weighted by molar-refractivity contribution is 5.93. The summed E-state index contributed by atoms with van der Waals surface area (Å²) >= 11 is 0. The van der Waals surface area contributed by atoms with Gasteiger partial charge in [0.15, 0.2) is 0 Å². The molecule has 1 unspecified atom stereocenters. The quantitative estimate of drug-likeness (QED) is 0.695. The van der Waals surface area contributed by atoms with Crippen LogP contribution < -0.4 is 4.90 Å². The zero-order valence-electron chi connectivity index (χ0n) is 10.1. The van der Waals surface area contributed by atoms with Crippen molar-refractivity contribution < 1.29 is 9.53 Å². The Morgan fingerprint density at radius 2 is 2.29 bits per heavy atom. The highest BCUT2D eigenvalue weighted by atomic mass is 16.5. The molecule has 0 N–H and O–H groups in total. The molecule has 0 aliphatic carbocycles. The fraction of sp³-hybridized carbons (Fsp3) is 0.500. The molecule has 1 aromatic carbocycles. The molecule has 0 aromatic heterocycles. The number of benzene rings is 1. The minimum absolute atomic E-state index is 0.209. The van der Waals surface area contributed by atoms with Crippen LogP contribution in [-0.4, -0.2) is 25.7 Å². The van der Waals surface area contributed by atoms with Crippen molar-refractivity contribution >= 4 is 11.7 Å². The molecule has 17 heavy (non-hydrogen) atoms. The third kappa shape index (κ3) is 1.61. The van der Waals surface area contributed by atoms with Gasteiger partial charge in [0.05, 0.1) is 12.7 Å². The number of ether oxygens (including phenoxy) is 1. The molecule has 90 valence electrons. The lowest BCUT2D eigenvalue weighted by Crippen LogP contribution is -2.34. The van der Waals surface area contributed by atoms with Gasteiger partial charge in [-0.15, -0.1) is 0 Å². The highest BCUT2D eigenvalue weighted by Crippen LogP contribution is 2.37. The number of methoxy groups -OCH3 is 1. The van der Waals surface area contributed by atoms with Crippen molar-refractivity contribution in [2.24, 2.45) is 0 Å². The Labute approximate surface area is 101 Å². The molecule has 2 aliphatic heterocycles. The van der Waals surface area contributed by atoms with E-state index < -0.39 is 0 Å². The Kier molecular flexibility index (Phi) is 2.54. The summed E-state index contributed by atoms with van der Waals surface area (Å²) in [6.45, 7) is 1.13. The van der Waals surface area contributed by atoms with Gasteiger partial charge in [0, 0.05) is 18.3 Å². The summed E-state index contributed by atoms with van der Waals surface area (Å²) in [5.74, 6) is -0.209. The summed E-state index contributed by atoms with van der Waals surface area (Å²) in [4.78, 5) is 14.2. The number of fused-ring (bicyclic) bond motifs is 3. The van der Waals surface area contributed by atoms with Crippen molar-refractivity contribution in [2.45, 2.75) is 31.7 Å². The molecule has 0 radical (unpaired) electrons. The Bertz CT molecular complexity index is 456. The third-order valence-electron chi connectivity index (χ3n) is 3.97. The first kappa shape index (κ1) is 10.6. The van der Waals surface area contributed by atoms with Gasteiger partial charge in [-0.1, -0.05) is 6.07 Å². The van der Waals surface area contributed by atoms with Gasteiger partial charge in [0.2, 0.25) is 0 Å². The fourth-order valence-corrected chi connectivity index (χ4v) is 3.17. The lowest BCUT2D eigenvalue weighted by molar-refractivity contribution is 0.0599. The van der Waals surface area contributed by atoms with Gasteiger partial charge in [-0.2, -0.15) is 0 Å². The predicted octanol–water partition coefficient (Wildman–Crippen LogP) is 2.39. The van der Waals surface area contributed by atoms with Gasteiger partial charge in [-0.05, 0) is 43.4 Å². The zero-order valence-corrected chi connectivity index (χ0v) is 10.1. The van der Waals surface area contributed by atoms with E-state index >= 15 is 0 Å². The second kappa shape index (κ2) is 4.06. The number of rotatable bonds is 1. The summed E-state index contributed by atoms with van der Waals surface area (Å²) in [6.07, 6.45) is 4.73. The minimum atomic E-state index is -0.209. The highest BCUT2D eigenvalue weighted by Gasteiger charge is 2.31. The summed E-state index contributed by atoms with van der Waals surface area (Å²) in [5, 5.41) is 0.